The van der Waals surface area contributed by atoms with Gasteiger partial charge in [0.05, 0.1) is 13.7 Å². The summed E-state index contributed by atoms with van der Waals surface area (Å²) in [5.74, 6) is 0.862. The standard InChI is InChI=1S/C21H24N2O5/c1-14-5-4-6-18(11-14)28-13-16(24)12-23-19(25)21(2,22-20(23)26)15-7-9-17(27-3)10-8-15/h4-11,16,24H,12-13H2,1-3H3,(H,22,26)/t16-,21-/m1/s1. The summed E-state index contributed by atoms with van der Waals surface area (Å²) >= 11 is 0. The van der Waals surface area contributed by atoms with Crippen LogP contribution in [0.4, 0.5) is 4.79 Å². The Balaban J connectivity index is 1.65. The minimum atomic E-state index is -1.19. The van der Waals surface area contributed by atoms with Crippen molar-refractivity contribution in [1.29, 1.82) is 0 Å². The summed E-state index contributed by atoms with van der Waals surface area (Å²) in [6.45, 7) is 3.41. The first-order chi connectivity index (χ1) is 13.3. The number of hydrogen-bond donors (Lipinski definition) is 2. The quantitative estimate of drug-likeness (QED) is 0.715. The van der Waals surface area contributed by atoms with Crippen molar-refractivity contribution in [3.63, 3.8) is 0 Å². The fourth-order valence-electron chi connectivity index (χ4n) is 3.14. The summed E-state index contributed by atoms with van der Waals surface area (Å²) in [6.07, 6.45) is -1.01. The fourth-order valence-corrected chi connectivity index (χ4v) is 3.14. The maximum atomic E-state index is 12.9. The zero-order chi connectivity index (χ0) is 20.3. The molecule has 0 unspecified atom stereocenters. The molecule has 0 saturated carbocycles. The van der Waals surface area contributed by atoms with E-state index in [1.54, 1.807) is 44.4 Å². The topological polar surface area (TPSA) is 88.1 Å². The number of aliphatic hydroxyl groups is 1. The number of aryl methyl sites for hydroxylation is 1. The van der Waals surface area contributed by atoms with Crippen LogP contribution in [0.1, 0.15) is 18.1 Å². The van der Waals surface area contributed by atoms with Gasteiger partial charge in [0.15, 0.2) is 0 Å². The summed E-state index contributed by atoms with van der Waals surface area (Å²) in [6, 6.07) is 13.8. The number of carbonyl (C=O) groups is 2. The molecular formula is C21H24N2O5. The minimum Gasteiger partial charge on any atom is -0.497 e. The van der Waals surface area contributed by atoms with Crippen molar-refractivity contribution in [2.75, 3.05) is 20.3 Å². The van der Waals surface area contributed by atoms with Crippen LogP contribution < -0.4 is 14.8 Å². The number of aliphatic hydroxyl groups excluding tert-OH is 1. The number of carbonyl (C=O) groups excluding carboxylic acids is 2. The smallest absolute Gasteiger partial charge is 0.325 e. The second kappa shape index (κ2) is 7.90. The Morgan fingerprint density at radius 3 is 2.50 bits per heavy atom. The van der Waals surface area contributed by atoms with Crippen molar-refractivity contribution >= 4 is 11.9 Å². The molecule has 1 aliphatic heterocycles. The summed E-state index contributed by atoms with van der Waals surface area (Å²) in [5.41, 5.74) is 0.483. The highest BCUT2D eigenvalue weighted by Gasteiger charge is 2.49. The molecule has 148 valence electrons. The number of ether oxygens (including phenoxy) is 2. The van der Waals surface area contributed by atoms with Gasteiger partial charge < -0.3 is 19.9 Å². The number of methoxy groups -OCH3 is 1. The largest absolute Gasteiger partial charge is 0.497 e. The van der Waals surface area contributed by atoms with Crippen LogP contribution in [0.25, 0.3) is 0 Å². The lowest BCUT2D eigenvalue weighted by Crippen LogP contribution is -2.42. The SMILES string of the molecule is COc1ccc([C@@]2(C)NC(=O)N(C[C@@H](O)COc3cccc(C)c3)C2=O)cc1. The molecule has 1 aliphatic rings. The van der Waals surface area contributed by atoms with Crippen molar-refractivity contribution < 1.29 is 24.2 Å². The maximum Gasteiger partial charge on any atom is 0.325 e. The Morgan fingerprint density at radius 1 is 1.14 bits per heavy atom. The zero-order valence-electron chi connectivity index (χ0n) is 16.1. The Bertz CT molecular complexity index is 867. The van der Waals surface area contributed by atoms with Gasteiger partial charge in [-0.1, -0.05) is 24.3 Å². The van der Waals surface area contributed by atoms with E-state index in [9.17, 15) is 14.7 Å². The number of imide groups is 1. The Labute approximate surface area is 163 Å². The average Bonchev–Trinajstić information content (AvgIpc) is 2.90. The van der Waals surface area contributed by atoms with Gasteiger partial charge in [0.2, 0.25) is 0 Å². The predicted octanol–water partition coefficient (Wildman–Crippen LogP) is 2.21. The number of rotatable bonds is 7. The van der Waals surface area contributed by atoms with Crippen LogP contribution >= 0.6 is 0 Å². The van der Waals surface area contributed by atoms with Gasteiger partial charge in [-0.25, -0.2) is 4.79 Å². The first-order valence-electron chi connectivity index (χ1n) is 8.99. The van der Waals surface area contributed by atoms with E-state index in [1.165, 1.54) is 0 Å². The maximum absolute atomic E-state index is 12.9. The monoisotopic (exact) mass is 384 g/mol. The first kappa shape index (κ1) is 19.7. The molecule has 1 fully saturated rings. The molecule has 0 aliphatic carbocycles. The van der Waals surface area contributed by atoms with Gasteiger partial charge in [-0.15, -0.1) is 0 Å². The van der Waals surface area contributed by atoms with Crippen molar-refractivity contribution in [3.8, 4) is 11.5 Å². The molecule has 7 nitrogen and oxygen atoms in total. The van der Waals surface area contributed by atoms with E-state index in [0.29, 0.717) is 17.1 Å². The predicted molar refractivity (Wildman–Crippen MR) is 103 cm³/mol. The molecule has 2 aromatic carbocycles. The highest BCUT2D eigenvalue weighted by molar-refractivity contribution is 6.07. The molecule has 0 spiro atoms. The molecule has 3 amide bonds. The molecule has 2 aromatic rings. The Hall–Kier alpha value is -3.06. The lowest BCUT2D eigenvalue weighted by atomic mass is 9.92. The van der Waals surface area contributed by atoms with Crippen molar-refractivity contribution in [3.05, 3.63) is 59.7 Å². The molecule has 2 atom stereocenters. The second-order valence-electron chi connectivity index (χ2n) is 6.98. The van der Waals surface area contributed by atoms with Crippen LogP contribution in [0.2, 0.25) is 0 Å². The van der Waals surface area contributed by atoms with Gasteiger partial charge in [0.1, 0.15) is 29.7 Å². The van der Waals surface area contributed by atoms with Crippen LogP contribution in [0.5, 0.6) is 11.5 Å². The Morgan fingerprint density at radius 2 is 1.86 bits per heavy atom. The molecule has 1 saturated heterocycles. The van der Waals surface area contributed by atoms with Crippen LogP contribution in [-0.4, -0.2) is 48.3 Å². The zero-order valence-corrected chi connectivity index (χ0v) is 16.1. The van der Waals surface area contributed by atoms with Gasteiger partial charge in [0.25, 0.3) is 5.91 Å². The van der Waals surface area contributed by atoms with Crippen LogP contribution in [-0.2, 0) is 10.3 Å². The molecule has 1 heterocycles. The van der Waals surface area contributed by atoms with Crippen molar-refractivity contribution in [1.82, 2.24) is 10.2 Å². The van der Waals surface area contributed by atoms with Gasteiger partial charge in [-0.3, -0.25) is 9.69 Å². The Kier molecular flexibility index (Phi) is 5.56. The molecule has 7 heteroatoms. The lowest BCUT2D eigenvalue weighted by Gasteiger charge is -2.23. The van der Waals surface area contributed by atoms with Gasteiger partial charge in [0, 0.05) is 0 Å². The summed E-state index contributed by atoms with van der Waals surface area (Å²) in [7, 11) is 1.56. The van der Waals surface area contributed by atoms with E-state index >= 15 is 0 Å². The first-order valence-corrected chi connectivity index (χ1v) is 8.99. The normalized spacial score (nSPS) is 20.1. The number of benzene rings is 2. The van der Waals surface area contributed by atoms with Gasteiger partial charge in [-0.2, -0.15) is 0 Å². The molecule has 0 bridgehead atoms. The lowest BCUT2D eigenvalue weighted by molar-refractivity contribution is -0.132. The average molecular weight is 384 g/mol. The highest BCUT2D eigenvalue weighted by Crippen LogP contribution is 2.30. The van der Waals surface area contributed by atoms with Crippen LogP contribution in [0, 0.1) is 6.92 Å². The van der Waals surface area contributed by atoms with Gasteiger partial charge >= 0.3 is 6.03 Å². The molecular weight excluding hydrogens is 360 g/mol. The number of urea groups is 1. The van der Waals surface area contributed by atoms with Crippen molar-refractivity contribution in [2.45, 2.75) is 25.5 Å². The molecule has 28 heavy (non-hydrogen) atoms. The highest BCUT2D eigenvalue weighted by atomic mass is 16.5. The van der Waals surface area contributed by atoms with Crippen LogP contribution in [0.3, 0.4) is 0 Å². The third-order valence-electron chi connectivity index (χ3n) is 4.77. The van der Waals surface area contributed by atoms with E-state index in [2.05, 4.69) is 5.32 Å². The molecule has 0 aromatic heterocycles. The van der Waals surface area contributed by atoms with E-state index in [-0.39, 0.29) is 13.2 Å². The van der Waals surface area contributed by atoms with E-state index < -0.39 is 23.6 Å². The number of nitrogens with one attached hydrogen (secondary N) is 1. The van der Waals surface area contributed by atoms with Crippen LogP contribution in [0.15, 0.2) is 48.5 Å². The third-order valence-corrected chi connectivity index (χ3v) is 4.77. The fraction of sp³-hybridized carbons (Fsp3) is 0.333. The van der Waals surface area contributed by atoms with Crippen molar-refractivity contribution in [2.24, 2.45) is 0 Å². The number of nitrogens with zero attached hydrogens (tertiary/aromatic N) is 1. The van der Waals surface area contributed by atoms with E-state index in [4.69, 9.17) is 9.47 Å². The van der Waals surface area contributed by atoms with E-state index in [1.807, 2.05) is 25.1 Å². The minimum absolute atomic E-state index is 0.0280. The molecule has 3 rings (SSSR count). The number of amides is 3. The summed E-state index contributed by atoms with van der Waals surface area (Å²) < 4.78 is 10.7. The third kappa shape index (κ3) is 3.94. The molecule has 2 N–H and O–H groups in total. The molecule has 0 radical (unpaired) electrons. The number of hydrogen-bond acceptors (Lipinski definition) is 5. The summed E-state index contributed by atoms with van der Waals surface area (Å²) in [5, 5.41) is 13.0. The van der Waals surface area contributed by atoms with E-state index in [0.717, 1.165) is 10.5 Å². The summed E-state index contributed by atoms with van der Waals surface area (Å²) in [4.78, 5) is 26.3. The number of β-amino-alcohol motifs (C(OH)–C–C–N with tert-alkyl or cyclic N) is 1. The second-order valence-corrected chi connectivity index (χ2v) is 6.98. The van der Waals surface area contributed by atoms with Gasteiger partial charge in [-0.05, 0) is 49.2 Å².